The summed E-state index contributed by atoms with van der Waals surface area (Å²) < 4.78 is 34.4. The standard InChI is InChI=1S/C23H23BrN2O4S/c1-15-4-10-21(16(2)12-15)26-31(28,29)20-8-6-19(7-9-20)25-23(27)14-30-22-11-5-18(24)13-17(22)3/h4-13,26H,14H2,1-3H3,(H,25,27). The molecule has 2 N–H and O–H groups in total. The molecule has 0 heterocycles. The van der Waals surface area contributed by atoms with Crippen LogP contribution in [0.4, 0.5) is 11.4 Å². The maximum absolute atomic E-state index is 12.7. The topological polar surface area (TPSA) is 84.5 Å². The fourth-order valence-electron chi connectivity index (χ4n) is 2.96. The number of nitrogens with one attached hydrogen (secondary N) is 2. The van der Waals surface area contributed by atoms with Crippen molar-refractivity contribution in [1.29, 1.82) is 0 Å². The van der Waals surface area contributed by atoms with Gasteiger partial charge in [-0.1, -0.05) is 33.6 Å². The van der Waals surface area contributed by atoms with Crippen molar-refractivity contribution in [3.63, 3.8) is 0 Å². The van der Waals surface area contributed by atoms with E-state index in [1.807, 2.05) is 45.0 Å². The van der Waals surface area contributed by atoms with Crippen molar-refractivity contribution in [2.75, 3.05) is 16.6 Å². The Bertz CT molecular complexity index is 1210. The minimum Gasteiger partial charge on any atom is -0.483 e. The monoisotopic (exact) mass is 502 g/mol. The van der Waals surface area contributed by atoms with Gasteiger partial charge in [-0.2, -0.15) is 0 Å². The number of sulfonamides is 1. The molecule has 3 aromatic rings. The molecule has 0 aliphatic rings. The zero-order valence-electron chi connectivity index (χ0n) is 17.4. The quantitative estimate of drug-likeness (QED) is 0.465. The van der Waals surface area contributed by atoms with Gasteiger partial charge in [-0.25, -0.2) is 8.42 Å². The molecule has 0 radical (unpaired) electrons. The number of rotatable bonds is 7. The van der Waals surface area contributed by atoms with Gasteiger partial charge in [-0.05, 0) is 80.4 Å². The molecule has 0 aliphatic carbocycles. The van der Waals surface area contributed by atoms with Crippen molar-refractivity contribution in [3.05, 3.63) is 81.8 Å². The molecule has 0 atom stereocenters. The van der Waals surface area contributed by atoms with E-state index >= 15 is 0 Å². The molecular formula is C23H23BrN2O4S. The second kappa shape index (κ2) is 9.53. The fraction of sp³-hybridized carbons (Fsp3) is 0.174. The van der Waals surface area contributed by atoms with Crippen molar-refractivity contribution in [1.82, 2.24) is 0 Å². The van der Waals surface area contributed by atoms with E-state index in [0.29, 0.717) is 17.1 Å². The Balaban J connectivity index is 1.61. The highest BCUT2D eigenvalue weighted by atomic mass is 79.9. The predicted molar refractivity (Wildman–Crippen MR) is 126 cm³/mol. The molecular weight excluding hydrogens is 480 g/mol. The van der Waals surface area contributed by atoms with Crippen LogP contribution in [-0.2, 0) is 14.8 Å². The average molecular weight is 503 g/mol. The summed E-state index contributed by atoms with van der Waals surface area (Å²) in [6.45, 7) is 5.53. The SMILES string of the molecule is Cc1ccc(NS(=O)(=O)c2ccc(NC(=O)COc3ccc(Br)cc3C)cc2)c(C)c1. The highest BCUT2D eigenvalue weighted by Crippen LogP contribution is 2.23. The smallest absolute Gasteiger partial charge is 0.262 e. The van der Waals surface area contributed by atoms with E-state index in [-0.39, 0.29) is 17.4 Å². The molecule has 3 rings (SSSR count). The Labute approximate surface area is 190 Å². The van der Waals surface area contributed by atoms with Crippen molar-refractivity contribution in [3.8, 4) is 5.75 Å². The van der Waals surface area contributed by atoms with E-state index in [1.54, 1.807) is 24.3 Å². The molecule has 8 heteroatoms. The third-order valence-corrected chi connectivity index (χ3v) is 6.45. The molecule has 0 bridgehead atoms. The molecule has 0 saturated carbocycles. The maximum atomic E-state index is 12.7. The van der Waals surface area contributed by atoms with Crippen LogP contribution in [-0.4, -0.2) is 20.9 Å². The minimum atomic E-state index is -3.74. The van der Waals surface area contributed by atoms with Crippen LogP contribution in [0.25, 0.3) is 0 Å². The van der Waals surface area contributed by atoms with Crippen LogP contribution in [0.5, 0.6) is 5.75 Å². The molecule has 0 fully saturated rings. The summed E-state index contributed by atoms with van der Waals surface area (Å²) in [5.41, 5.74) is 3.82. The van der Waals surface area contributed by atoms with Gasteiger partial charge in [0.05, 0.1) is 10.6 Å². The summed E-state index contributed by atoms with van der Waals surface area (Å²) in [5.74, 6) is 0.281. The Kier molecular flexibility index (Phi) is 7.02. The van der Waals surface area contributed by atoms with Gasteiger partial charge in [0.25, 0.3) is 15.9 Å². The van der Waals surface area contributed by atoms with Crippen LogP contribution < -0.4 is 14.8 Å². The lowest BCUT2D eigenvalue weighted by atomic mass is 10.1. The molecule has 1 amide bonds. The molecule has 6 nitrogen and oxygen atoms in total. The Morgan fingerprint density at radius 1 is 0.935 bits per heavy atom. The van der Waals surface area contributed by atoms with E-state index in [9.17, 15) is 13.2 Å². The third kappa shape index (κ3) is 6.08. The van der Waals surface area contributed by atoms with Crippen LogP contribution in [0.1, 0.15) is 16.7 Å². The lowest BCUT2D eigenvalue weighted by Gasteiger charge is -2.12. The van der Waals surface area contributed by atoms with Crippen molar-refractivity contribution < 1.29 is 17.9 Å². The highest BCUT2D eigenvalue weighted by molar-refractivity contribution is 9.10. The molecule has 162 valence electrons. The number of hydrogen-bond acceptors (Lipinski definition) is 4. The predicted octanol–water partition coefficient (Wildman–Crippen LogP) is 5.19. The van der Waals surface area contributed by atoms with Crippen LogP contribution in [0, 0.1) is 20.8 Å². The second-order valence-electron chi connectivity index (χ2n) is 7.19. The first-order valence-electron chi connectivity index (χ1n) is 9.53. The summed E-state index contributed by atoms with van der Waals surface area (Å²) in [6.07, 6.45) is 0. The largest absolute Gasteiger partial charge is 0.483 e. The van der Waals surface area contributed by atoms with Crippen LogP contribution >= 0.6 is 15.9 Å². The fourth-order valence-corrected chi connectivity index (χ4v) is 4.57. The van der Waals surface area contributed by atoms with Crippen LogP contribution in [0.2, 0.25) is 0 Å². The molecule has 0 unspecified atom stereocenters. The van der Waals surface area contributed by atoms with E-state index < -0.39 is 10.0 Å². The molecule has 31 heavy (non-hydrogen) atoms. The highest BCUT2D eigenvalue weighted by Gasteiger charge is 2.15. The van der Waals surface area contributed by atoms with Gasteiger partial charge >= 0.3 is 0 Å². The number of halogens is 1. The summed E-state index contributed by atoms with van der Waals surface area (Å²) in [7, 11) is -3.74. The number of aryl methyl sites for hydroxylation is 3. The summed E-state index contributed by atoms with van der Waals surface area (Å²) in [4.78, 5) is 12.3. The summed E-state index contributed by atoms with van der Waals surface area (Å²) in [6, 6.07) is 17.0. The van der Waals surface area contributed by atoms with Crippen molar-refractivity contribution in [2.45, 2.75) is 25.7 Å². The first-order valence-corrected chi connectivity index (χ1v) is 11.8. The van der Waals surface area contributed by atoms with E-state index in [2.05, 4.69) is 26.0 Å². The van der Waals surface area contributed by atoms with Crippen LogP contribution in [0.15, 0.2) is 70.0 Å². The normalized spacial score (nSPS) is 11.1. The number of anilines is 2. The van der Waals surface area contributed by atoms with Gasteiger partial charge in [0.1, 0.15) is 5.75 Å². The van der Waals surface area contributed by atoms with Crippen molar-refractivity contribution in [2.24, 2.45) is 0 Å². The van der Waals surface area contributed by atoms with E-state index in [4.69, 9.17) is 4.74 Å². The van der Waals surface area contributed by atoms with Crippen molar-refractivity contribution >= 4 is 43.2 Å². The second-order valence-corrected chi connectivity index (χ2v) is 9.79. The molecule has 0 saturated heterocycles. The number of hydrogen-bond donors (Lipinski definition) is 2. The first kappa shape index (κ1) is 22.8. The zero-order valence-corrected chi connectivity index (χ0v) is 19.8. The maximum Gasteiger partial charge on any atom is 0.262 e. The van der Waals surface area contributed by atoms with Gasteiger partial charge in [0.15, 0.2) is 6.61 Å². The lowest BCUT2D eigenvalue weighted by Crippen LogP contribution is -2.20. The average Bonchev–Trinajstić information content (AvgIpc) is 2.70. The number of ether oxygens (including phenoxy) is 1. The van der Waals surface area contributed by atoms with Gasteiger partial charge in [0, 0.05) is 10.2 Å². The van der Waals surface area contributed by atoms with Gasteiger partial charge in [-0.3, -0.25) is 9.52 Å². The number of benzene rings is 3. The lowest BCUT2D eigenvalue weighted by molar-refractivity contribution is -0.118. The molecule has 0 spiro atoms. The summed E-state index contributed by atoms with van der Waals surface area (Å²) in [5, 5.41) is 2.70. The minimum absolute atomic E-state index is 0.104. The molecule has 0 aliphatic heterocycles. The Morgan fingerprint density at radius 3 is 2.29 bits per heavy atom. The Morgan fingerprint density at radius 2 is 1.65 bits per heavy atom. The third-order valence-electron chi connectivity index (χ3n) is 4.57. The zero-order chi connectivity index (χ0) is 22.6. The molecule has 0 aromatic heterocycles. The first-order chi connectivity index (χ1) is 14.6. The molecule has 3 aromatic carbocycles. The number of carbonyl (C=O) groups excluding carboxylic acids is 1. The Hall–Kier alpha value is -2.84. The van der Waals surface area contributed by atoms with E-state index in [0.717, 1.165) is 21.2 Å². The van der Waals surface area contributed by atoms with E-state index in [1.165, 1.54) is 12.1 Å². The van der Waals surface area contributed by atoms with Gasteiger partial charge in [0.2, 0.25) is 0 Å². The summed E-state index contributed by atoms with van der Waals surface area (Å²) >= 11 is 3.38. The van der Waals surface area contributed by atoms with Crippen LogP contribution in [0.3, 0.4) is 0 Å². The van der Waals surface area contributed by atoms with Gasteiger partial charge < -0.3 is 10.1 Å². The number of amides is 1. The number of carbonyl (C=O) groups is 1. The van der Waals surface area contributed by atoms with Gasteiger partial charge in [-0.15, -0.1) is 0 Å².